The minimum absolute atomic E-state index is 0.0725. The standard InChI is InChI=1S/C12H17BrN4O3/c1-8-6-10(9(13)7-11(8)17(19)20)14-4-5-15-12(18)16(2)3/h6-7,14H,4-5H2,1-3H3,(H,15,18). The average molecular weight is 345 g/mol. The second-order valence-corrected chi connectivity index (χ2v) is 5.28. The number of aryl methyl sites for hydroxylation is 1. The lowest BCUT2D eigenvalue weighted by atomic mass is 10.2. The monoisotopic (exact) mass is 344 g/mol. The van der Waals surface area contributed by atoms with Crippen molar-refractivity contribution in [2.45, 2.75) is 6.92 Å². The first kappa shape index (κ1) is 16.2. The van der Waals surface area contributed by atoms with E-state index < -0.39 is 4.92 Å². The number of carbonyl (C=O) groups excluding carboxylic acids is 1. The van der Waals surface area contributed by atoms with E-state index in [-0.39, 0.29) is 11.7 Å². The Morgan fingerprint density at radius 2 is 2.05 bits per heavy atom. The summed E-state index contributed by atoms with van der Waals surface area (Å²) in [4.78, 5) is 23.1. The molecule has 0 saturated carbocycles. The van der Waals surface area contributed by atoms with Crippen molar-refractivity contribution in [2.75, 3.05) is 32.5 Å². The summed E-state index contributed by atoms with van der Waals surface area (Å²) in [5.74, 6) is 0. The fraction of sp³-hybridized carbons (Fsp3) is 0.417. The maximum atomic E-state index is 11.3. The third-order valence-electron chi connectivity index (χ3n) is 2.61. The normalized spacial score (nSPS) is 10.0. The van der Waals surface area contributed by atoms with Crippen molar-refractivity contribution in [1.82, 2.24) is 10.2 Å². The molecule has 0 heterocycles. The lowest BCUT2D eigenvalue weighted by Gasteiger charge is -2.13. The maximum absolute atomic E-state index is 11.3. The van der Waals surface area contributed by atoms with E-state index in [0.29, 0.717) is 23.1 Å². The van der Waals surface area contributed by atoms with Crippen LogP contribution in [-0.4, -0.2) is 43.0 Å². The second kappa shape index (κ2) is 7.09. The van der Waals surface area contributed by atoms with Gasteiger partial charge in [0.25, 0.3) is 5.69 Å². The van der Waals surface area contributed by atoms with Gasteiger partial charge in [-0.05, 0) is 28.9 Å². The van der Waals surface area contributed by atoms with Gasteiger partial charge in [0.1, 0.15) is 0 Å². The van der Waals surface area contributed by atoms with E-state index in [9.17, 15) is 14.9 Å². The number of rotatable bonds is 5. The first-order chi connectivity index (χ1) is 9.32. The number of amides is 2. The number of nitro groups is 1. The zero-order chi connectivity index (χ0) is 15.3. The molecule has 110 valence electrons. The Kier molecular flexibility index (Phi) is 5.75. The number of benzene rings is 1. The summed E-state index contributed by atoms with van der Waals surface area (Å²) in [5, 5.41) is 16.6. The molecular weight excluding hydrogens is 328 g/mol. The number of nitrogens with one attached hydrogen (secondary N) is 2. The fourth-order valence-corrected chi connectivity index (χ4v) is 2.00. The van der Waals surface area contributed by atoms with Crippen LogP contribution in [0.4, 0.5) is 16.2 Å². The van der Waals surface area contributed by atoms with Crippen LogP contribution in [0.3, 0.4) is 0 Å². The molecule has 0 bridgehead atoms. The lowest BCUT2D eigenvalue weighted by molar-refractivity contribution is -0.385. The molecule has 7 nitrogen and oxygen atoms in total. The lowest BCUT2D eigenvalue weighted by Crippen LogP contribution is -2.37. The molecule has 0 spiro atoms. The van der Waals surface area contributed by atoms with Crippen molar-refractivity contribution in [2.24, 2.45) is 0 Å². The topological polar surface area (TPSA) is 87.5 Å². The molecule has 0 aliphatic rings. The van der Waals surface area contributed by atoms with Gasteiger partial charge in [0.05, 0.1) is 4.92 Å². The van der Waals surface area contributed by atoms with E-state index in [1.54, 1.807) is 27.1 Å². The Morgan fingerprint density at radius 3 is 2.60 bits per heavy atom. The molecule has 0 unspecified atom stereocenters. The molecular formula is C12H17BrN4O3. The summed E-state index contributed by atoms with van der Waals surface area (Å²) in [6.07, 6.45) is 0. The molecule has 0 atom stereocenters. The van der Waals surface area contributed by atoms with Crippen LogP contribution in [0.25, 0.3) is 0 Å². The molecule has 20 heavy (non-hydrogen) atoms. The van der Waals surface area contributed by atoms with Crippen molar-refractivity contribution in [3.8, 4) is 0 Å². The Balaban J connectivity index is 2.59. The van der Waals surface area contributed by atoms with Crippen LogP contribution < -0.4 is 10.6 Å². The Hall–Kier alpha value is -1.83. The second-order valence-electron chi connectivity index (χ2n) is 4.43. The molecule has 0 radical (unpaired) electrons. The molecule has 8 heteroatoms. The number of hydrogen-bond donors (Lipinski definition) is 2. The highest BCUT2D eigenvalue weighted by Crippen LogP contribution is 2.30. The Labute approximate surface area is 125 Å². The average Bonchev–Trinajstić information content (AvgIpc) is 2.37. The third-order valence-corrected chi connectivity index (χ3v) is 3.26. The van der Waals surface area contributed by atoms with E-state index >= 15 is 0 Å². The van der Waals surface area contributed by atoms with Gasteiger partial charge in [-0.25, -0.2) is 4.79 Å². The van der Waals surface area contributed by atoms with Gasteiger partial charge in [-0.15, -0.1) is 0 Å². The smallest absolute Gasteiger partial charge is 0.316 e. The van der Waals surface area contributed by atoms with Gasteiger partial charge in [0.15, 0.2) is 0 Å². The van der Waals surface area contributed by atoms with Crippen LogP contribution in [0.15, 0.2) is 16.6 Å². The first-order valence-corrected chi connectivity index (χ1v) is 6.75. The number of carbonyl (C=O) groups is 1. The fourth-order valence-electron chi connectivity index (χ4n) is 1.53. The molecule has 0 aliphatic heterocycles. The summed E-state index contributed by atoms with van der Waals surface area (Å²) in [6, 6.07) is 3.01. The van der Waals surface area contributed by atoms with Gasteiger partial charge >= 0.3 is 6.03 Å². The minimum atomic E-state index is -0.415. The molecule has 0 aliphatic carbocycles. The number of nitrogens with zero attached hydrogens (tertiary/aromatic N) is 2. The SMILES string of the molecule is Cc1cc(NCCNC(=O)N(C)C)c(Br)cc1[N+](=O)[O-]. The molecule has 0 aromatic heterocycles. The van der Waals surface area contributed by atoms with Gasteiger partial charge in [-0.2, -0.15) is 0 Å². The molecule has 1 aromatic carbocycles. The summed E-state index contributed by atoms with van der Waals surface area (Å²) in [5.41, 5.74) is 1.41. The Morgan fingerprint density at radius 1 is 1.40 bits per heavy atom. The third kappa shape index (κ3) is 4.37. The molecule has 2 N–H and O–H groups in total. The maximum Gasteiger partial charge on any atom is 0.316 e. The van der Waals surface area contributed by atoms with Crippen molar-refractivity contribution in [3.05, 3.63) is 32.3 Å². The number of nitro benzene ring substituents is 1. The van der Waals surface area contributed by atoms with Crippen LogP contribution in [-0.2, 0) is 0 Å². The van der Waals surface area contributed by atoms with Gasteiger partial charge in [0, 0.05) is 49.0 Å². The van der Waals surface area contributed by atoms with E-state index in [1.807, 2.05) is 0 Å². The van der Waals surface area contributed by atoms with Crippen molar-refractivity contribution in [1.29, 1.82) is 0 Å². The van der Waals surface area contributed by atoms with E-state index in [0.717, 1.165) is 5.69 Å². The van der Waals surface area contributed by atoms with Gasteiger partial charge in [-0.3, -0.25) is 10.1 Å². The van der Waals surface area contributed by atoms with Crippen LogP contribution in [0.1, 0.15) is 5.56 Å². The Bertz CT molecular complexity index is 520. The number of anilines is 1. The number of hydrogen-bond acceptors (Lipinski definition) is 4. The summed E-state index contributed by atoms with van der Waals surface area (Å²) in [6.45, 7) is 2.67. The summed E-state index contributed by atoms with van der Waals surface area (Å²) < 4.78 is 0.619. The van der Waals surface area contributed by atoms with E-state index in [4.69, 9.17) is 0 Å². The van der Waals surface area contributed by atoms with Gasteiger partial charge in [-0.1, -0.05) is 0 Å². The molecule has 2 amide bonds. The highest BCUT2D eigenvalue weighted by molar-refractivity contribution is 9.10. The van der Waals surface area contributed by atoms with E-state index in [2.05, 4.69) is 26.6 Å². The number of halogens is 1. The summed E-state index contributed by atoms with van der Waals surface area (Å²) in [7, 11) is 3.33. The van der Waals surface area contributed by atoms with Crippen LogP contribution in [0.5, 0.6) is 0 Å². The minimum Gasteiger partial charge on any atom is -0.382 e. The van der Waals surface area contributed by atoms with Crippen molar-refractivity contribution >= 4 is 33.3 Å². The van der Waals surface area contributed by atoms with Gasteiger partial charge in [0.2, 0.25) is 0 Å². The van der Waals surface area contributed by atoms with E-state index in [1.165, 1.54) is 11.0 Å². The zero-order valence-electron chi connectivity index (χ0n) is 11.6. The van der Waals surface area contributed by atoms with Crippen molar-refractivity contribution in [3.63, 3.8) is 0 Å². The molecule has 1 rings (SSSR count). The molecule has 1 aromatic rings. The highest BCUT2D eigenvalue weighted by atomic mass is 79.9. The predicted molar refractivity (Wildman–Crippen MR) is 81.1 cm³/mol. The van der Waals surface area contributed by atoms with Crippen LogP contribution in [0, 0.1) is 17.0 Å². The van der Waals surface area contributed by atoms with Crippen LogP contribution >= 0.6 is 15.9 Å². The zero-order valence-corrected chi connectivity index (χ0v) is 13.2. The largest absolute Gasteiger partial charge is 0.382 e. The number of urea groups is 1. The van der Waals surface area contributed by atoms with Crippen LogP contribution in [0.2, 0.25) is 0 Å². The van der Waals surface area contributed by atoms with Gasteiger partial charge < -0.3 is 15.5 Å². The molecule has 0 fully saturated rings. The van der Waals surface area contributed by atoms with Crippen molar-refractivity contribution < 1.29 is 9.72 Å². The molecule has 0 saturated heterocycles. The summed E-state index contributed by atoms with van der Waals surface area (Å²) >= 11 is 3.29. The highest BCUT2D eigenvalue weighted by Gasteiger charge is 2.13. The first-order valence-electron chi connectivity index (χ1n) is 5.96. The predicted octanol–water partition coefficient (Wildman–Crippen LogP) is 2.35. The quantitative estimate of drug-likeness (QED) is 0.487.